The van der Waals surface area contributed by atoms with Crippen LogP contribution in [0.1, 0.15) is 63.2 Å². The molecule has 1 aromatic heterocycles. The van der Waals surface area contributed by atoms with E-state index >= 15 is 0 Å². The summed E-state index contributed by atoms with van der Waals surface area (Å²) in [5, 5.41) is 4.72. The number of amides is 1. The van der Waals surface area contributed by atoms with Gasteiger partial charge in [0.15, 0.2) is 11.4 Å². The smallest absolute Gasteiger partial charge is 0.266 e. The van der Waals surface area contributed by atoms with Crippen LogP contribution in [0.25, 0.3) is 0 Å². The van der Waals surface area contributed by atoms with E-state index in [9.17, 15) is 4.79 Å². The van der Waals surface area contributed by atoms with Gasteiger partial charge in [0.05, 0.1) is 0 Å². The van der Waals surface area contributed by atoms with Crippen LogP contribution in [0.3, 0.4) is 0 Å². The summed E-state index contributed by atoms with van der Waals surface area (Å²) in [4.78, 5) is 19.5. The number of hydrogen-bond acceptors (Lipinski definition) is 5. The molecule has 1 aliphatic carbocycles. The fraction of sp³-hybridized carbons (Fsp3) is 0.526. The van der Waals surface area contributed by atoms with E-state index in [-0.39, 0.29) is 11.9 Å². The molecule has 1 aromatic carbocycles. The maximum atomic E-state index is 13.2. The van der Waals surface area contributed by atoms with Crippen molar-refractivity contribution in [3.05, 3.63) is 41.0 Å². The monoisotopic (exact) mass is 375 g/mol. The van der Waals surface area contributed by atoms with Crippen molar-refractivity contribution in [1.29, 1.82) is 0 Å². The van der Waals surface area contributed by atoms with Crippen molar-refractivity contribution in [3.63, 3.8) is 0 Å². The number of hydrogen-bond donors (Lipinski definition) is 0. The number of rotatable bonds is 5. The molecule has 1 saturated heterocycles. The van der Waals surface area contributed by atoms with Gasteiger partial charge in [-0.05, 0) is 63.8 Å². The predicted octanol–water partition coefficient (Wildman–Crippen LogP) is 4.12. The molecule has 0 radical (unpaired) electrons. The third-order valence-corrected chi connectivity index (χ3v) is 5.15. The number of likely N-dealkylation sites (tertiary alicyclic amines) is 1. The molecule has 6 nitrogen and oxygen atoms in total. The maximum absolute atomic E-state index is 13.2. The molecule has 4 rings (SSSR count). The quantitative estimate of drug-likeness (QED) is 0.786. The first-order valence-electron chi connectivity index (χ1n) is 9.03. The van der Waals surface area contributed by atoms with E-state index < -0.39 is 5.60 Å². The van der Waals surface area contributed by atoms with Crippen LogP contribution in [0, 0.1) is 0 Å². The average molecular weight is 376 g/mol. The normalized spacial score (nSPS) is 20.4. The standard InChI is InChI=1S/C19H22ClN3O3/c1-19(2,25-14-9-7-13(20)8-10-14)18(24)23-11-3-4-15(23)17-21-16(22-26-17)12-5-6-12/h7-10,12,15H,3-6,11H2,1-2H3/t15-/m0/s1. The van der Waals surface area contributed by atoms with Gasteiger partial charge >= 0.3 is 0 Å². The zero-order valence-electron chi connectivity index (χ0n) is 14.9. The van der Waals surface area contributed by atoms with Gasteiger partial charge in [-0.15, -0.1) is 0 Å². The van der Waals surface area contributed by atoms with E-state index in [0.717, 1.165) is 31.5 Å². The highest BCUT2D eigenvalue weighted by molar-refractivity contribution is 6.30. The van der Waals surface area contributed by atoms with Crippen molar-refractivity contribution >= 4 is 17.5 Å². The molecular weight excluding hydrogens is 354 g/mol. The molecule has 2 aromatic rings. The van der Waals surface area contributed by atoms with Crippen LogP contribution in [0.5, 0.6) is 5.75 Å². The minimum Gasteiger partial charge on any atom is -0.478 e. The molecule has 2 heterocycles. The third-order valence-electron chi connectivity index (χ3n) is 4.90. The van der Waals surface area contributed by atoms with Crippen LogP contribution in [0.4, 0.5) is 0 Å². The highest BCUT2D eigenvalue weighted by Crippen LogP contribution is 2.40. The number of benzene rings is 1. The van der Waals surface area contributed by atoms with Gasteiger partial charge in [0, 0.05) is 17.5 Å². The summed E-state index contributed by atoms with van der Waals surface area (Å²) in [5.74, 6) is 2.28. The summed E-state index contributed by atoms with van der Waals surface area (Å²) < 4.78 is 11.4. The topological polar surface area (TPSA) is 68.5 Å². The molecule has 7 heteroatoms. The molecule has 1 amide bonds. The van der Waals surface area contributed by atoms with Crippen LogP contribution in [-0.2, 0) is 4.79 Å². The average Bonchev–Trinajstić information content (AvgIpc) is 3.15. The molecule has 26 heavy (non-hydrogen) atoms. The van der Waals surface area contributed by atoms with Crippen molar-refractivity contribution < 1.29 is 14.1 Å². The number of carbonyl (C=O) groups is 1. The second kappa shape index (κ2) is 6.58. The van der Waals surface area contributed by atoms with Crippen molar-refractivity contribution in [2.24, 2.45) is 0 Å². The van der Waals surface area contributed by atoms with E-state index in [1.807, 2.05) is 0 Å². The van der Waals surface area contributed by atoms with E-state index in [1.165, 1.54) is 0 Å². The second-order valence-corrected chi connectivity index (χ2v) is 7.92. The second-order valence-electron chi connectivity index (χ2n) is 7.49. The van der Waals surface area contributed by atoms with Gasteiger partial charge in [0.1, 0.15) is 11.8 Å². The maximum Gasteiger partial charge on any atom is 0.266 e. The van der Waals surface area contributed by atoms with Gasteiger partial charge in [0.2, 0.25) is 5.89 Å². The Hall–Kier alpha value is -2.08. The minimum atomic E-state index is -1.00. The van der Waals surface area contributed by atoms with E-state index in [1.54, 1.807) is 43.0 Å². The van der Waals surface area contributed by atoms with Crippen LogP contribution in [0.15, 0.2) is 28.8 Å². The summed E-state index contributed by atoms with van der Waals surface area (Å²) in [7, 11) is 0. The van der Waals surface area contributed by atoms with Gasteiger partial charge in [-0.2, -0.15) is 4.98 Å². The molecule has 0 N–H and O–H groups in total. The fourth-order valence-corrected chi connectivity index (χ4v) is 3.47. The molecule has 2 aliphatic rings. The van der Waals surface area contributed by atoms with E-state index in [4.69, 9.17) is 20.9 Å². The SMILES string of the molecule is CC(C)(Oc1ccc(Cl)cc1)C(=O)N1CCC[C@H]1c1nc(C2CC2)no1. The largest absolute Gasteiger partial charge is 0.478 e. The number of aromatic nitrogens is 2. The number of ether oxygens (including phenoxy) is 1. The summed E-state index contributed by atoms with van der Waals surface area (Å²) in [6, 6.07) is 6.84. The molecule has 1 aliphatic heterocycles. The Morgan fingerprint density at radius 1 is 1.27 bits per heavy atom. The van der Waals surface area contributed by atoms with Gasteiger partial charge in [-0.3, -0.25) is 4.79 Å². The van der Waals surface area contributed by atoms with Crippen molar-refractivity contribution in [1.82, 2.24) is 15.0 Å². The first-order valence-corrected chi connectivity index (χ1v) is 9.41. The van der Waals surface area contributed by atoms with Crippen molar-refractivity contribution in [3.8, 4) is 5.75 Å². The summed E-state index contributed by atoms with van der Waals surface area (Å²) >= 11 is 5.91. The van der Waals surface area contributed by atoms with Crippen molar-refractivity contribution in [2.45, 2.75) is 57.1 Å². The van der Waals surface area contributed by atoms with Gasteiger partial charge in [-0.25, -0.2) is 0 Å². The van der Waals surface area contributed by atoms with Crippen LogP contribution < -0.4 is 4.74 Å². The molecule has 138 valence electrons. The molecule has 2 fully saturated rings. The Kier molecular flexibility index (Phi) is 4.39. The lowest BCUT2D eigenvalue weighted by Crippen LogP contribution is -2.48. The molecule has 1 atom stereocenters. The van der Waals surface area contributed by atoms with Crippen LogP contribution >= 0.6 is 11.6 Å². The lowest BCUT2D eigenvalue weighted by Gasteiger charge is -2.32. The third kappa shape index (κ3) is 3.43. The Bertz CT molecular complexity index is 799. The van der Waals surface area contributed by atoms with E-state index in [2.05, 4.69) is 10.1 Å². The minimum absolute atomic E-state index is 0.0823. The Balaban J connectivity index is 1.50. The van der Waals surface area contributed by atoms with Crippen LogP contribution in [0.2, 0.25) is 5.02 Å². The predicted molar refractivity (Wildman–Crippen MR) is 96.1 cm³/mol. The van der Waals surface area contributed by atoms with E-state index in [0.29, 0.717) is 29.1 Å². The van der Waals surface area contributed by atoms with Crippen molar-refractivity contribution in [2.75, 3.05) is 6.54 Å². The first-order chi connectivity index (χ1) is 12.4. The highest BCUT2D eigenvalue weighted by Gasteiger charge is 2.42. The van der Waals surface area contributed by atoms with Gasteiger partial charge in [-0.1, -0.05) is 16.8 Å². The molecule has 0 bridgehead atoms. The molecule has 0 unspecified atom stereocenters. The lowest BCUT2D eigenvalue weighted by atomic mass is 10.1. The molecule has 1 saturated carbocycles. The zero-order valence-corrected chi connectivity index (χ0v) is 15.7. The highest BCUT2D eigenvalue weighted by atomic mass is 35.5. The Morgan fingerprint density at radius 2 is 2.00 bits per heavy atom. The Labute approximate surface area is 157 Å². The summed E-state index contributed by atoms with van der Waals surface area (Å²) in [5.41, 5.74) is -1.00. The summed E-state index contributed by atoms with van der Waals surface area (Å²) in [6.07, 6.45) is 3.98. The number of halogens is 1. The fourth-order valence-electron chi connectivity index (χ4n) is 3.34. The van der Waals surface area contributed by atoms with Gasteiger partial charge in [0.25, 0.3) is 5.91 Å². The number of nitrogens with zero attached hydrogens (tertiary/aromatic N) is 3. The Morgan fingerprint density at radius 3 is 2.69 bits per heavy atom. The summed E-state index contributed by atoms with van der Waals surface area (Å²) in [6.45, 7) is 4.23. The van der Waals surface area contributed by atoms with Crippen LogP contribution in [-0.4, -0.2) is 33.1 Å². The lowest BCUT2D eigenvalue weighted by molar-refractivity contribution is -0.147. The number of carbonyl (C=O) groups excluding carboxylic acids is 1. The van der Waals surface area contributed by atoms with Gasteiger partial charge < -0.3 is 14.2 Å². The molecule has 0 spiro atoms. The molecular formula is C19H22ClN3O3. The first kappa shape index (κ1) is 17.3. The zero-order chi connectivity index (χ0) is 18.3.